The average Bonchev–Trinajstić information content (AvgIpc) is 2.99. The molecule has 0 fully saturated rings. The minimum atomic E-state index is -0.470. The molecular formula is C17H25N3O. The number of hydrogen-bond donors (Lipinski definition) is 2. The van der Waals surface area contributed by atoms with Crippen LogP contribution in [0.25, 0.3) is 0 Å². The van der Waals surface area contributed by atoms with Crippen LogP contribution in [0.1, 0.15) is 31.7 Å². The maximum absolute atomic E-state index is 10.1. The highest BCUT2D eigenvalue weighted by Gasteiger charge is 2.31. The van der Waals surface area contributed by atoms with Crippen LogP contribution in [0.15, 0.2) is 42.7 Å². The summed E-state index contributed by atoms with van der Waals surface area (Å²) >= 11 is 0. The number of aryl methyl sites for hydroxylation is 1. The molecule has 0 bridgehead atoms. The maximum atomic E-state index is 10.1. The molecule has 0 aliphatic carbocycles. The molecule has 0 spiro atoms. The number of imidazole rings is 1. The van der Waals surface area contributed by atoms with E-state index >= 15 is 0 Å². The van der Waals surface area contributed by atoms with Gasteiger partial charge in [0.05, 0.1) is 12.1 Å². The van der Waals surface area contributed by atoms with Gasteiger partial charge >= 0.3 is 0 Å². The van der Waals surface area contributed by atoms with Gasteiger partial charge in [-0.3, -0.25) is 0 Å². The van der Waals surface area contributed by atoms with Crippen molar-refractivity contribution in [3.63, 3.8) is 0 Å². The second-order valence-electron chi connectivity index (χ2n) is 5.36. The largest absolute Gasteiger partial charge is 0.394 e. The van der Waals surface area contributed by atoms with E-state index in [9.17, 15) is 5.11 Å². The summed E-state index contributed by atoms with van der Waals surface area (Å²) in [5.74, 6) is 1.04. The first-order chi connectivity index (χ1) is 10.3. The predicted octanol–water partition coefficient (Wildman–Crippen LogP) is 2.33. The quantitative estimate of drug-likeness (QED) is 0.783. The molecule has 1 unspecified atom stereocenters. The van der Waals surface area contributed by atoms with E-state index in [1.165, 1.54) is 0 Å². The lowest BCUT2D eigenvalue weighted by atomic mass is 9.90. The van der Waals surface area contributed by atoms with Crippen molar-refractivity contribution >= 4 is 0 Å². The van der Waals surface area contributed by atoms with Gasteiger partial charge in [0.25, 0.3) is 0 Å². The second kappa shape index (κ2) is 7.38. The number of aromatic nitrogens is 2. The summed E-state index contributed by atoms with van der Waals surface area (Å²) < 4.78 is 2.13. The van der Waals surface area contributed by atoms with Gasteiger partial charge in [-0.05, 0) is 18.5 Å². The predicted molar refractivity (Wildman–Crippen MR) is 85.1 cm³/mol. The Morgan fingerprint density at radius 2 is 2.00 bits per heavy atom. The number of nitrogens with zero attached hydrogens (tertiary/aromatic N) is 2. The number of aliphatic hydroxyl groups excluding tert-OH is 1. The molecule has 21 heavy (non-hydrogen) atoms. The van der Waals surface area contributed by atoms with Crippen LogP contribution in [0.5, 0.6) is 0 Å². The van der Waals surface area contributed by atoms with Gasteiger partial charge in [0, 0.05) is 25.4 Å². The van der Waals surface area contributed by atoms with Crippen LogP contribution in [-0.4, -0.2) is 27.8 Å². The highest BCUT2D eigenvalue weighted by Crippen LogP contribution is 2.24. The van der Waals surface area contributed by atoms with Gasteiger partial charge in [-0.2, -0.15) is 0 Å². The zero-order valence-electron chi connectivity index (χ0n) is 12.9. The molecule has 2 N–H and O–H groups in total. The summed E-state index contributed by atoms with van der Waals surface area (Å²) in [6.07, 6.45) is 5.72. The number of rotatable bonds is 8. The van der Waals surface area contributed by atoms with E-state index in [2.05, 4.69) is 40.8 Å². The van der Waals surface area contributed by atoms with Crippen LogP contribution in [0.4, 0.5) is 0 Å². The number of nitrogens with one attached hydrogen (secondary N) is 1. The SMILES string of the molecule is CCCNC(CO)(Cn1ccnc1CC)c1ccccc1. The fourth-order valence-corrected chi connectivity index (χ4v) is 2.66. The van der Waals surface area contributed by atoms with Gasteiger partial charge in [-0.15, -0.1) is 0 Å². The molecule has 1 aromatic carbocycles. The smallest absolute Gasteiger partial charge is 0.108 e. The van der Waals surface area contributed by atoms with Gasteiger partial charge in [0.1, 0.15) is 5.82 Å². The van der Waals surface area contributed by atoms with Gasteiger partial charge in [-0.1, -0.05) is 44.2 Å². The Morgan fingerprint density at radius 1 is 1.24 bits per heavy atom. The van der Waals surface area contributed by atoms with Crippen LogP contribution in [0.2, 0.25) is 0 Å². The highest BCUT2D eigenvalue weighted by atomic mass is 16.3. The van der Waals surface area contributed by atoms with Crippen molar-refractivity contribution in [3.8, 4) is 0 Å². The molecule has 1 atom stereocenters. The summed E-state index contributed by atoms with van der Waals surface area (Å²) in [5, 5.41) is 13.7. The summed E-state index contributed by atoms with van der Waals surface area (Å²) in [5.41, 5.74) is 0.638. The minimum absolute atomic E-state index is 0.0539. The average molecular weight is 287 g/mol. The molecule has 2 rings (SSSR count). The molecule has 4 nitrogen and oxygen atoms in total. The van der Waals surface area contributed by atoms with Crippen LogP contribution in [0, 0.1) is 0 Å². The first-order valence-corrected chi connectivity index (χ1v) is 7.67. The monoisotopic (exact) mass is 287 g/mol. The van der Waals surface area contributed by atoms with Gasteiger partial charge in [0.15, 0.2) is 0 Å². The van der Waals surface area contributed by atoms with Crippen molar-refractivity contribution in [1.82, 2.24) is 14.9 Å². The lowest BCUT2D eigenvalue weighted by Gasteiger charge is -2.34. The van der Waals surface area contributed by atoms with Crippen LogP contribution in [0.3, 0.4) is 0 Å². The number of benzene rings is 1. The molecule has 2 aromatic rings. The fraction of sp³-hybridized carbons (Fsp3) is 0.471. The van der Waals surface area contributed by atoms with E-state index in [0.717, 1.165) is 30.8 Å². The Balaban J connectivity index is 2.35. The molecule has 0 saturated heterocycles. The minimum Gasteiger partial charge on any atom is -0.394 e. The molecule has 0 aliphatic heterocycles. The van der Waals surface area contributed by atoms with Crippen molar-refractivity contribution in [2.45, 2.75) is 38.8 Å². The molecule has 4 heteroatoms. The lowest BCUT2D eigenvalue weighted by Crippen LogP contribution is -2.49. The molecule has 0 radical (unpaired) electrons. The number of hydrogen-bond acceptors (Lipinski definition) is 3. The lowest BCUT2D eigenvalue weighted by molar-refractivity contribution is 0.141. The van der Waals surface area contributed by atoms with Crippen molar-refractivity contribution in [2.75, 3.05) is 13.2 Å². The van der Waals surface area contributed by atoms with Crippen molar-refractivity contribution in [2.24, 2.45) is 0 Å². The van der Waals surface area contributed by atoms with Gasteiger partial charge < -0.3 is 15.0 Å². The van der Waals surface area contributed by atoms with E-state index in [1.807, 2.05) is 30.6 Å². The van der Waals surface area contributed by atoms with E-state index in [-0.39, 0.29) is 6.61 Å². The van der Waals surface area contributed by atoms with E-state index < -0.39 is 5.54 Å². The second-order valence-corrected chi connectivity index (χ2v) is 5.36. The molecule has 0 aliphatic rings. The Labute approximate surface area is 126 Å². The highest BCUT2D eigenvalue weighted by molar-refractivity contribution is 5.25. The van der Waals surface area contributed by atoms with Crippen molar-refractivity contribution < 1.29 is 5.11 Å². The fourth-order valence-electron chi connectivity index (χ4n) is 2.66. The Morgan fingerprint density at radius 3 is 2.62 bits per heavy atom. The summed E-state index contributed by atoms with van der Waals surface area (Å²) in [6, 6.07) is 10.2. The topological polar surface area (TPSA) is 50.1 Å². The third-order valence-electron chi connectivity index (χ3n) is 3.87. The molecule has 1 aromatic heterocycles. The van der Waals surface area contributed by atoms with Gasteiger partial charge in [-0.25, -0.2) is 4.98 Å². The summed E-state index contributed by atoms with van der Waals surface area (Å²) in [7, 11) is 0. The van der Waals surface area contributed by atoms with E-state index in [1.54, 1.807) is 0 Å². The third-order valence-corrected chi connectivity index (χ3v) is 3.87. The van der Waals surface area contributed by atoms with Gasteiger partial charge in [0.2, 0.25) is 0 Å². The van der Waals surface area contributed by atoms with Crippen molar-refractivity contribution in [1.29, 1.82) is 0 Å². The summed E-state index contributed by atoms with van der Waals surface area (Å²) in [6.45, 7) is 5.83. The first-order valence-electron chi connectivity index (χ1n) is 7.67. The van der Waals surface area contributed by atoms with Crippen LogP contribution >= 0.6 is 0 Å². The zero-order valence-corrected chi connectivity index (χ0v) is 12.9. The van der Waals surface area contributed by atoms with E-state index in [4.69, 9.17) is 0 Å². The molecule has 0 saturated carbocycles. The molecule has 114 valence electrons. The summed E-state index contributed by atoms with van der Waals surface area (Å²) in [4.78, 5) is 4.38. The van der Waals surface area contributed by atoms with Crippen LogP contribution < -0.4 is 5.32 Å². The molecule has 1 heterocycles. The zero-order chi connectivity index (χ0) is 15.1. The maximum Gasteiger partial charge on any atom is 0.108 e. The standard InChI is InChI=1S/C17H25N3O/c1-3-10-19-17(14-21,15-8-6-5-7-9-15)13-20-12-11-18-16(20)4-2/h5-9,11-12,19,21H,3-4,10,13-14H2,1-2H3. The normalized spacial score (nSPS) is 14.0. The van der Waals surface area contributed by atoms with Crippen LogP contribution in [-0.2, 0) is 18.5 Å². The Bertz CT molecular complexity index is 538. The van der Waals surface area contributed by atoms with E-state index in [0.29, 0.717) is 6.54 Å². The molecule has 0 amide bonds. The molecular weight excluding hydrogens is 262 g/mol. The number of aliphatic hydroxyl groups is 1. The first kappa shape index (κ1) is 15.7. The van der Waals surface area contributed by atoms with Crippen molar-refractivity contribution in [3.05, 3.63) is 54.1 Å². The third kappa shape index (κ3) is 3.52. The Hall–Kier alpha value is -1.65. The Kier molecular flexibility index (Phi) is 5.53.